The number of halogens is 5. The molecule has 31 heavy (non-hydrogen) atoms. The molecule has 0 unspecified atom stereocenters. The molecule has 2 aromatic rings. The standard InChI is InChI=1S/C17H17F5N4O4S/c18-16(19)6-5-13(12(27)7-16)30-14-11(17(20,21)22)8-24-15(26-14)25-9-1-3-10(4-2-9)31(23,28)29/h1-4,8,12-13,27H,5-7H2,(H2,23,28,29)(H,24,25,26)/t12-,13+/m0/s1. The van der Waals surface area contributed by atoms with Crippen LogP contribution in [0.25, 0.3) is 0 Å². The molecule has 0 spiro atoms. The van der Waals surface area contributed by atoms with Crippen LogP contribution in [0.15, 0.2) is 35.4 Å². The number of rotatable bonds is 5. The van der Waals surface area contributed by atoms with Gasteiger partial charge in [-0.25, -0.2) is 27.3 Å². The number of nitrogens with zero attached hydrogens (tertiary/aromatic N) is 2. The molecule has 0 radical (unpaired) electrons. The second kappa shape index (κ2) is 8.16. The number of primary sulfonamides is 1. The van der Waals surface area contributed by atoms with Crippen molar-refractivity contribution in [1.82, 2.24) is 9.97 Å². The summed E-state index contributed by atoms with van der Waals surface area (Å²) in [6.45, 7) is 0. The first kappa shape index (κ1) is 23.1. The highest BCUT2D eigenvalue weighted by molar-refractivity contribution is 7.89. The molecule has 1 heterocycles. The van der Waals surface area contributed by atoms with Crippen molar-refractivity contribution in [2.24, 2.45) is 5.14 Å². The van der Waals surface area contributed by atoms with E-state index < -0.39 is 58.6 Å². The van der Waals surface area contributed by atoms with E-state index in [1.54, 1.807) is 0 Å². The summed E-state index contributed by atoms with van der Waals surface area (Å²) in [5, 5.41) is 17.4. The number of aliphatic hydroxyl groups is 1. The van der Waals surface area contributed by atoms with Crippen LogP contribution < -0.4 is 15.2 Å². The van der Waals surface area contributed by atoms with E-state index in [4.69, 9.17) is 9.88 Å². The van der Waals surface area contributed by atoms with E-state index in [-0.39, 0.29) is 23.0 Å². The van der Waals surface area contributed by atoms with Gasteiger partial charge in [-0.15, -0.1) is 0 Å². The van der Waals surface area contributed by atoms with E-state index >= 15 is 0 Å². The van der Waals surface area contributed by atoms with E-state index in [1.807, 2.05) is 0 Å². The molecule has 3 rings (SSSR count). The lowest BCUT2D eigenvalue weighted by Gasteiger charge is -2.33. The van der Waals surface area contributed by atoms with E-state index in [1.165, 1.54) is 12.1 Å². The number of anilines is 2. The second-order valence-corrected chi connectivity index (χ2v) is 8.49. The van der Waals surface area contributed by atoms with Crippen LogP contribution in [0, 0.1) is 0 Å². The van der Waals surface area contributed by atoms with Crippen LogP contribution in [-0.4, -0.2) is 41.6 Å². The monoisotopic (exact) mass is 468 g/mol. The summed E-state index contributed by atoms with van der Waals surface area (Å²) in [6.07, 6.45) is -9.39. The molecule has 1 fully saturated rings. The van der Waals surface area contributed by atoms with Crippen LogP contribution in [0.2, 0.25) is 0 Å². The minimum Gasteiger partial charge on any atom is -0.471 e. The first-order valence-electron chi connectivity index (χ1n) is 8.81. The average Bonchev–Trinajstić information content (AvgIpc) is 2.62. The SMILES string of the molecule is NS(=O)(=O)c1ccc(Nc2ncc(C(F)(F)F)c(O[C@@H]3CCC(F)(F)C[C@@H]3O)n2)cc1. The molecule has 0 bridgehead atoms. The highest BCUT2D eigenvalue weighted by Crippen LogP contribution is 2.39. The van der Waals surface area contributed by atoms with E-state index in [0.717, 1.165) is 12.1 Å². The third-order valence-electron chi connectivity index (χ3n) is 4.49. The molecule has 2 atom stereocenters. The molecule has 0 aliphatic heterocycles. The number of hydrogen-bond donors (Lipinski definition) is 3. The first-order chi connectivity index (χ1) is 14.2. The molecule has 8 nitrogen and oxygen atoms in total. The van der Waals surface area contributed by atoms with Crippen LogP contribution in [0.1, 0.15) is 24.8 Å². The maximum atomic E-state index is 13.4. The van der Waals surface area contributed by atoms with Crippen molar-refractivity contribution >= 4 is 21.7 Å². The minimum atomic E-state index is -4.89. The summed E-state index contributed by atoms with van der Waals surface area (Å²) in [4.78, 5) is 7.04. The number of nitrogens with two attached hydrogens (primary N) is 1. The lowest BCUT2D eigenvalue weighted by atomic mass is 9.91. The van der Waals surface area contributed by atoms with Gasteiger partial charge in [-0.2, -0.15) is 18.2 Å². The Morgan fingerprint density at radius 2 is 1.87 bits per heavy atom. The lowest BCUT2D eigenvalue weighted by molar-refractivity contribution is -0.143. The van der Waals surface area contributed by atoms with Crippen molar-refractivity contribution in [3.63, 3.8) is 0 Å². The van der Waals surface area contributed by atoms with Gasteiger partial charge >= 0.3 is 6.18 Å². The maximum Gasteiger partial charge on any atom is 0.423 e. The van der Waals surface area contributed by atoms with Crippen molar-refractivity contribution in [1.29, 1.82) is 0 Å². The molecular weight excluding hydrogens is 451 g/mol. The Morgan fingerprint density at radius 3 is 2.42 bits per heavy atom. The Bertz CT molecular complexity index is 1050. The van der Waals surface area contributed by atoms with Crippen molar-refractivity contribution in [2.75, 3.05) is 5.32 Å². The minimum absolute atomic E-state index is 0.182. The van der Waals surface area contributed by atoms with Crippen molar-refractivity contribution in [3.8, 4) is 5.88 Å². The van der Waals surface area contributed by atoms with Gasteiger partial charge in [0, 0.05) is 24.7 Å². The van der Waals surface area contributed by atoms with Crippen LogP contribution >= 0.6 is 0 Å². The molecule has 4 N–H and O–H groups in total. The molecule has 1 aromatic carbocycles. The molecule has 1 aliphatic carbocycles. The predicted octanol–water partition coefficient (Wildman–Crippen LogP) is 2.81. The predicted molar refractivity (Wildman–Crippen MR) is 97.4 cm³/mol. The van der Waals surface area contributed by atoms with Gasteiger partial charge in [0.2, 0.25) is 21.9 Å². The van der Waals surface area contributed by atoms with Gasteiger partial charge in [0.15, 0.2) is 0 Å². The van der Waals surface area contributed by atoms with Gasteiger partial charge in [-0.3, -0.25) is 0 Å². The number of aliphatic hydroxyl groups excluding tert-OH is 1. The number of nitrogens with one attached hydrogen (secondary N) is 1. The van der Waals surface area contributed by atoms with Crippen LogP contribution in [0.5, 0.6) is 5.88 Å². The number of sulfonamides is 1. The van der Waals surface area contributed by atoms with Crippen molar-refractivity contribution in [3.05, 3.63) is 36.0 Å². The number of alkyl halides is 5. The Kier molecular flexibility index (Phi) is 6.08. The van der Waals surface area contributed by atoms with E-state index in [0.29, 0.717) is 6.20 Å². The fourth-order valence-corrected chi connectivity index (χ4v) is 3.45. The van der Waals surface area contributed by atoms with Gasteiger partial charge < -0.3 is 15.2 Å². The van der Waals surface area contributed by atoms with Crippen molar-refractivity contribution in [2.45, 2.75) is 48.5 Å². The van der Waals surface area contributed by atoms with Crippen molar-refractivity contribution < 1.29 is 40.2 Å². The molecule has 1 aromatic heterocycles. The van der Waals surface area contributed by atoms with Crippen LogP contribution in [0.4, 0.5) is 33.6 Å². The number of aromatic nitrogens is 2. The summed E-state index contributed by atoms with van der Waals surface area (Å²) >= 11 is 0. The Morgan fingerprint density at radius 1 is 1.23 bits per heavy atom. The maximum absolute atomic E-state index is 13.4. The first-order valence-corrected chi connectivity index (χ1v) is 10.4. The smallest absolute Gasteiger partial charge is 0.423 e. The molecule has 14 heteroatoms. The topological polar surface area (TPSA) is 127 Å². The summed E-state index contributed by atoms with van der Waals surface area (Å²) < 4.78 is 94.4. The highest BCUT2D eigenvalue weighted by atomic mass is 32.2. The summed E-state index contributed by atoms with van der Waals surface area (Å²) in [5.41, 5.74) is -1.11. The van der Waals surface area contributed by atoms with Gasteiger partial charge in [0.25, 0.3) is 5.92 Å². The zero-order valence-electron chi connectivity index (χ0n) is 15.6. The Hall–Kier alpha value is -2.58. The number of benzene rings is 1. The van der Waals surface area contributed by atoms with Gasteiger partial charge in [-0.1, -0.05) is 0 Å². The summed E-state index contributed by atoms with van der Waals surface area (Å²) in [7, 11) is -3.93. The Labute approximate surface area is 173 Å². The zero-order chi connectivity index (χ0) is 23.0. The lowest BCUT2D eigenvalue weighted by Crippen LogP contribution is -2.43. The van der Waals surface area contributed by atoms with Gasteiger partial charge in [0.05, 0.1) is 11.0 Å². The van der Waals surface area contributed by atoms with Gasteiger partial charge in [-0.05, 0) is 30.7 Å². The molecule has 170 valence electrons. The molecule has 0 amide bonds. The number of hydrogen-bond acceptors (Lipinski definition) is 7. The third kappa shape index (κ3) is 5.77. The third-order valence-corrected chi connectivity index (χ3v) is 5.42. The van der Waals surface area contributed by atoms with E-state index in [9.17, 15) is 35.5 Å². The summed E-state index contributed by atoms with van der Waals surface area (Å²) in [6, 6.07) is 4.90. The summed E-state index contributed by atoms with van der Waals surface area (Å²) in [5.74, 6) is -4.39. The number of ether oxygens (including phenoxy) is 1. The quantitative estimate of drug-likeness (QED) is 0.576. The zero-order valence-corrected chi connectivity index (χ0v) is 16.4. The van der Waals surface area contributed by atoms with E-state index in [2.05, 4.69) is 15.3 Å². The van der Waals surface area contributed by atoms with Crippen LogP contribution in [-0.2, 0) is 16.2 Å². The second-order valence-electron chi connectivity index (χ2n) is 6.93. The Balaban J connectivity index is 1.85. The molecule has 1 saturated carbocycles. The molecule has 0 saturated heterocycles. The largest absolute Gasteiger partial charge is 0.471 e. The average molecular weight is 468 g/mol. The van der Waals surface area contributed by atoms with Gasteiger partial charge in [0.1, 0.15) is 11.7 Å². The fourth-order valence-electron chi connectivity index (χ4n) is 2.93. The fraction of sp³-hybridized carbons (Fsp3) is 0.412. The molecular formula is C17H17F5N4O4S. The molecule has 1 aliphatic rings. The highest BCUT2D eigenvalue weighted by Gasteiger charge is 2.43. The normalized spacial score (nSPS) is 21.5. The van der Waals surface area contributed by atoms with Crippen LogP contribution in [0.3, 0.4) is 0 Å².